The zero-order valence-electron chi connectivity index (χ0n) is 12.5. The first-order chi connectivity index (χ1) is 10.00. The van der Waals surface area contributed by atoms with E-state index in [2.05, 4.69) is 5.32 Å². The molecule has 6 heteroatoms. The summed E-state index contributed by atoms with van der Waals surface area (Å²) in [6.45, 7) is 4.85. The lowest BCUT2D eigenvalue weighted by molar-refractivity contribution is 0.590. The molecule has 0 unspecified atom stereocenters. The van der Waals surface area contributed by atoms with Crippen LogP contribution >= 0.6 is 12.4 Å². The van der Waals surface area contributed by atoms with E-state index in [1.165, 1.54) is 4.31 Å². The summed E-state index contributed by atoms with van der Waals surface area (Å²) < 4.78 is 27.5. The Morgan fingerprint density at radius 3 is 2.55 bits per heavy atom. The van der Waals surface area contributed by atoms with E-state index in [4.69, 9.17) is 0 Å². The smallest absolute Gasteiger partial charge is 0.264 e. The highest BCUT2D eigenvalue weighted by molar-refractivity contribution is 7.93. The van der Waals surface area contributed by atoms with Gasteiger partial charge in [-0.3, -0.25) is 4.31 Å². The van der Waals surface area contributed by atoms with E-state index in [0.29, 0.717) is 23.7 Å². The van der Waals surface area contributed by atoms with Crippen molar-refractivity contribution >= 4 is 33.8 Å². The van der Waals surface area contributed by atoms with Crippen LogP contribution in [0.4, 0.5) is 11.4 Å². The van der Waals surface area contributed by atoms with Gasteiger partial charge in [0.25, 0.3) is 10.0 Å². The number of para-hydroxylation sites is 2. The summed E-state index contributed by atoms with van der Waals surface area (Å²) in [5, 5.41) is 3.23. The molecular weight excluding hydrogens is 320 g/mol. The van der Waals surface area contributed by atoms with Gasteiger partial charge in [0, 0.05) is 6.54 Å². The van der Waals surface area contributed by atoms with E-state index in [-0.39, 0.29) is 12.4 Å². The minimum Gasteiger partial charge on any atom is -0.382 e. The Morgan fingerprint density at radius 2 is 1.82 bits per heavy atom. The Labute approximate surface area is 137 Å². The maximum Gasteiger partial charge on any atom is 0.264 e. The number of hydrogen-bond acceptors (Lipinski definition) is 3. The number of anilines is 2. The van der Waals surface area contributed by atoms with Crippen molar-refractivity contribution in [3.05, 3.63) is 53.6 Å². The number of nitrogens with zero attached hydrogens (tertiary/aromatic N) is 1. The molecule has 2 aromatic carbocycles. The van der Waals surface area contributed by atoms with Crippen molar-refractivity contribution < 1.29 is 8.42 Å². The fraction of sp³-hybridized carbons (Fsp3) is 0.250. The third-order valence-electron chi connectivity index (χ3n) is 3.70. The van der Waals surface area contributed by atoms with Gasteiger partial charge in [-0.25, -0.2) is 8.42 Å². The Morgan fingerprint density at radius 1 is 1.09 bits per heavy atom. The first-order valence-corrected chi connectivity index (χ1v) is 8.37. The molecule has 1 aliphatic heterocycles. The van der Waals surface area contributed by atoms with Crippen molar-refractivity contribution in [2.45, 2.75) is 18.7 Å². The molecule has 0 fully saturated rings. The number of sulfonamides is 1. The van der Waals surface area contributed by atoms with Gasteiger partial charge in [-0.15, -0.1) is 12.4 Å². The molecule has 0 aromatic heterocycles. The van der Waals surface area contributed by atoms with Crippen LogP contribution in [-0.2, 0) is 10.0 Å². The molecule has 0 aliphatic carbocycles. The van der Waals surface area contributed by atoms with Crippen molar-refractivity contribution in [2.24, 2.45) is 0 Å². The summed E-state index contributed by atoms with van der Waals surface area (Å²) in [5.41, 5.74) is 3.42. The maximum atomic E-state index is 13.0. The Balaban J connectivity index is 0.00000176. The van der Waals surface area contributed by atoms with Crippen LogP contribution in [0, 0.1) is 13.8 Å². The Bertz CT molecular complexity index is 790. The third kappa shape index (κ3) is 2.78. The molecular formula is C16H19ClN2O2S. The van der Waals surface area contributed by atoms with Gasteiger partial charge in [0.1, 0.15) is 0 Å². The van der Waals surface area contributed by atoms with Crippen LogP contribution in [0.5, 0.6) is 0 Å². The van der Waals surface area contributed by atoms with E-state index in [1.807, 2.05) is 50.2 Å². The van der Waals surface area contributed by atoms with Crippen molar-refractivity contribution in [3.63, 3.8) is 0 Å². The molecule has 22 heavy (non-hydrogen) atoms. The zero-order valence-corrected chi connectivity index (χ0v) is 14.2. The minimum absolute atomic E-state index is 0. The summed E-state index contributed by atoms with van der Waals surface area (Å²) in [7, 11) is -3.53. The van der Waals surface area contributed by atoms with Gasteiger partial charge in [0.2, 0.25) is 0 Å². The summed E-state index contributed by atoms with van der Waals surface area (Å²) in [6.07, 6.45) is 0. The molecule has 2 aromatic rings. The van der Waals surface area contributed by atoms with Crippen LogP contribution in [-0.4, -0.2) is 21.5 Å². The second kappa shape index (κ2) is 6.18. The van der Waals surface area contributed by atoms with Crippen LogP contribution in [0.2, 0.25) is 0 Å². The normalized spacial score (nSPS) is 13.8. The van der Waals surface area contributed by atoms with E-state index < -0.39 is 10.0 Å². The molecule has 3 rings (SSSR count). The lowest BCUT2D eigenvalue weighted by Crippen LogP contribution is -2.39. The Kier molecular flexibility index (Phi) is 4.68. The van der Waals surface area contributed by atoms with Gasteiger partial charge >= 0.3 is 0 Å². The highest BCUT2D eigenvalue weighted by Crippen LogP contribution is 2.33. The van der Waals surface area contributed by atoms with E-state index in [1.54, 1.807) is 6.07 Å². The van der Waals surface area contributed by atoms with Gasteiger partial charge in [-0.2, -0.15) is 0 Å². The first-order valence-electron chi connectivity index (χ1n) is 6.93. The average molecular weight is 339 g/mol. The highest BCUT2D eigenvalue weighted by atomic mass is 35.5. The second-order valence-corrected chi connectivity index (χ2v) is 7.12. The van der Waals surface area contributed by atoms with Gasteiger partial charge < -0.3 is 5.32 Å². The van der Waals surface area contributed by atoms with Crippen molar-refractivity contribution in [1.29, 1.82) is 0 Å². The molecule has 4 nitrogen and oxygen atoms in total. The van der Waals surface area contributed by atoms with Gasteiger partial charge in [-0.05, 0) is 37.6 Å². The quantitative estimate of drug-likeness (QED) is 0.913. The van der Waals surface area contributed by atoms with Gasteiger partial charge in [-0.1, -0.05) is 29.8 Å². The Hall–Kier alpha value is -1.72. The zero-order chi connectivity index (χ0) is 15.0. The fourth-order valence-electron chi connectivity index (χ4n) is 2.71. The predicted molar refractivity (Wildman–Crippen MR) is 92.6 cm³/mol. The van der Waals surface area contributed by atoms with Crippen LogP contribution in [0.25, 0.3) is 0 Å². The fourth-order valence-corrected chi connectivity index (χ4v) is 4.40. The molecule has 1 aliphatic rings. The number of hydrogen-bond donors (Lipinski definition) is 1. The molecule has 118 valence electrons. The molecule has 1 N–H and O–H groups in total. The van der Waals surface area contributed by atoms with Crippen molar-refractivity contribution in [1.82, 2.24) is 0 Å². The summed E-state index contributed by atoms with van der Waals surface area (Å²) in [4.78, 5) is 0.379. The molecule has 0 atom stereocenters. The minimum atomic E-state index is -3.53. The summed E-state index contributed by atoms with van der Waals surface area (Å²) >= 11 is 0. The van der Waals surface area contributed by atoms with E-state index in [0.717, 1.165) is 16.8 Å². The lowest BCUT2D eigenvalue weighted by Gasteiger charge is -2.31. The van der Waals surface area contributed by atoms with E-state index >= 15 is 0 Å². The molecule has 0 bridgehead atoms. The van der Waals surface area contributed by atoms with Crippen LogP contribution in [0.3, 0.4) is 0 Å². The largest absolute Gasteiger partial charge is 0.382 e. The van der Waals surface area contributed by atoms with Crippen molar-refractivity contribution in [3.8, 4) is 0 Å². The number of rotatable bonds is 2. The van der Waals surface area contributed by atoms with E-state index in [9.17, 15) is 8.42 Å². The van der Waals surface area contributed by atoms with Gasteiger partial charge in [0.05, 0.1) is 22.8 Å². The number of nitrogens with one attached hydrogen (secondary N) is 1. The molecule has 0 saturated heterocycles. The average Bonchev–Trinajstić information content (AvgIpc) is 2.46. The monoisotopic (exact) mass is 338 g/mol. The van der Waals surface area contributed by atoms with Crippen molar-refractivity contribution in [2.75, 3.05) is 22.7 Å². The molecule has 0 saturated carbocycles. The summed E-state index contributed by atoms with van der Waals surface area (Å²) in [6, 6.07) is 12.9. The number of fused-ring (bicyclic) bond motifs is 1. The third-order valence-corrected chi connectivity index (χ3v) is 5.67. The summed E-state index contributed by atoms with van der Waals surface area (Å²) in [5.74, 6) is 0. The number of aryl methyl sites for hydroxylation is 2. The number of halogens is 1. The predicted octanol–water partition coefficient (Wildman–Crippen LogP) is 3.35. The lowest BCUT2D eigenvalue weighted by atomic mass is 10.2. The van der Waals surface area contributed by atoms with Gasteiger partial charge in [0.15, 0.2) is 0 Å². The highest BCUT2D eigenvalue weighted by Gasteiger charge is 2.29. The standard InChI is InChI=1S/C16H18N2O2S.ClH/c1-12-7-8-16(13(2)11-12)21(19,20)18-10-9-17-14-5-3-4-6-15(14)18;/h3-8,11,17H,9-10H2,1-2H3;1H. The first kappa shape index (κ1) is 16.6. The molecule has 1 heterocycles. The number of benzene rings is 2. The second-order valence-electron chi connectivity index (χ2n) is 5.29. The SMILES string of the molecule is Cc1ccc(S(=O)(=O)N2CCNc3ccccc32)c(C)c1.Cl. The van der Waals surface area contributed by atoms with Crippen LogP contribution in [0.1, 0.15) is 11.1 Å². The topological polar surface area (TPSA) is 49.4 Å². The molecule has 0 amide bonds. The maximum absolute atomic E-state index is 13.0. The molecule has 0 radical (unpaired) electrons. The van der Waals surface area contributed by atoms with Crippen LogP contribution in [0.15, 0.2) is 47.4 Å². The van der Waals surface area contributed by atoms with Crippen LogP contribution < -0.4 is 9.62 Å². The molecule has 0 spiro atoms.